The smallest absolute Gasteiger partial charge is 0.333 e. The van der Waals surface area contributed by atoms with Crippen LogP contribution in [0.2, 0.25) is 0 Å². The molecule has 0 bridgehead atoms. The van der Waals surface area contributed by atoms with E-state index in [4.69, 9.17) is 0 Å². The number of rotatable bonds is 7. The Morgan fingerprint density at radius 1 is 1.25 bits per heavy atom. The van der Waals surface area contributed by atoms with Gasteiger partial charge < -0.3 is 5.32 Å². The fourth-order valence-electron chi connectivity index (χ4n) is 2.15. The molecule has 0 amide bonds. The monoisotopic (exact) mass is 282 g/mol. The summed E-state index contributed by atoms with van der Waals surface area (Å²) in [7, 11) is 0. The van der Waals surface area contributed by atoms with Gasteiger partial charge in [-0.25, -0.2) is 4.68 Å². The highest BCUT2D eigenvalue weighted by Crippen LogP contribution is 2.31. The van der Waals surface area contributed by atoms with Crippen LogP contribution < -0.4 is 5.32 Å². The van der Waals surface area contributed by atoms with Crippen molar-refractivity contribution in [2.45, 2.75) is 66.5 Å². The highest BCUT2D eigenvalue weighted by molar-refractivity contribution is 5.60. The molecule has 1 rings (SSSR count). The lowest BCUT2D eigenvalue weighted by Gasteiger charge is -2.18. The number of aromatic nitrogens is 2. The summed E-state index contributed by atoms with van der Waals surface area (Å²) < 4.78 is 1.71. The van der Waals surface area contributed by atoms with Gasteiger partial charge in [0, 0.05) is 12.1 Å². The molecule has 0 aliphatic heterocycles. The summed E-state index contributed by atoms with van der Waals surface area (Å²) >= 11 is 0. The molecule has 0 fully saturated rings. The maximum absolute atomic E-state index is 11.2. The van der Waals surface area contributed by atoms with Crippen LogP contribution in [0.5, 0.6) is 0 Å². The van der Waals surface area contributed by atoms with E-state index in [-0.39, 0.29) is 22.7 Å². The predicted octanol–water partition coefficient (Wildman–Crippen LogP) is 3.92. The van der Waals surface area contributed by atoms with Crippen LogP contribution in [0.15, 0.2) is 0 Å². The molecule has 6 heteroatoms. The molecular weight excluding hydrogens is 256 g/mol. The Hall–Kier alpha value is -1.59. The lowest BCUT2D eigenvalue weighted by Crippen LogP contribution is -2.20. The number of nitro groups is 1. The van der Waals surface area contributed by atoms with Crippen molar-refractivity contribution in [3.05, 3.63) is 15.8 Å². The molecule has 0 radical (unpaired) electrons. The molecule has 20 heavy (non-hydrogen) atoms. The first-order valence-corrected chi connectivity index (χ1v) is 7.24. The molecule has 1 heterocycles. The van der Waals surface area contributed by atoms with Gasteiger partial charge in [-0.2, -0.15) is 5.10 Å². The minimum absolute atomic E-state index is 0.0854. The number of aryl methyl sites for hydroxylation is 1. The molecule has 6 nitrogen and oxygen atoms in total. The summed E-state index contributed by atoms with van der Waals surface area (Å²) in [6, 6.07) is 0.270. The molecule has 0 saturated heterocycles. The summed E-state index contributed by atoms with van der Waals surface area (Å²) in [6.07, 6.45) is 2.08. The van der Waals surface area contributed by atoms with E-state index in [2.05, 4.69) is 31.2 Å². The maximum Gasteiger partial charge on any atom is 0.333 e. The molecule has 0 aliphatic rings. The Morgan fingerprint density at radius 2 is 1.85 bits per heavy atom. The van der Waals surface area contributed by atoms with Crippen molar-refractivity contribution < 1.29 is 4.92 Å². The summed E-state index contributed by atoms with van der Waals surface area (Å²) in [5.41, 5.74) is 0.553. The van der Waals surface area contributed by atoms with Gasteiger partial charge in [0.25, 0.3) is 0 Å². The average molecular weight is 282 g/mol. The van der Waals surface area contributed by atoms with Crippen molar-refractivity contribution in [1.82, 2.24) is 9.78 Å². The SMILES string of the molecule is Cc1nn(C(C)C)c(NC(C)CCC(C)C)c1[N+](=O)[O-]. The second-order valence-electron chi connectivity index (χ2n) is 6.09. The first-order chi connectivity index (χ1) is 9.23. The quantitative estimate of drug-likeness (QED) is 0.607. The highest BCUT2D eigenvalue weighted by atomic mass is 16.6. The second-order valence-corrected chi connectivity index (χ2v) is 6.09. The number of nitrogens with one attached hydrogen (secondary N) is 1. The second kappa shape index (κ2) is 6.72. The zero-order chi connectivity index (χ0) is 15.4. The van der Waals surface area contributed by atoms with E-state index in [0.29, 0.717) is 17.4 Å². The van der Waals surface area contributed by atoms with Gasteiger partial charge in [0.2, 0.25) is 5.82 Å². The average Bonchev–Trinajstić information content (AvgIpc) is 2.63. The molecule has 0 aliphatic carbocycles. The third-order valence-corrected chi connectivity index (χ3v) is 3.29. The van der Waals surface area contributed by atoms with Gasteiger partial charge in [0.15, 0.2) is 0 Å². The molecule has 1 unspecified atom stereocenters. The van der Waals surface area contributed by atoms with Crippen LogP contribution in [-0.4, -0.2) is 20.7 Å². The van der Waals surface area contributed by atoms with Gasteiger partial charge in [0.05, 0.1) is 4.92 Å². The minimum atomic E-state index is -0.348. The van der Waals surface area contributed by atoms with E-state index in [1.165, 1.54) is 0 Å². The molecule has 1 atom stereocenters. The van der Waals surface area contributed by atoms with E-state index in [1.807, 2.05) is 13.8 Å². The Morgan fingerprint density at radius 3 is 2.30 bits per heavy atom. The fraction of sp³-hybridized carbons (Fsp3) is 0.786. The van der Waals surface area contributed by atoms with Crippen LogP contribution in [0.4, 0.5) is 11.5 Å². The molecule has 0 spiro atoms. The van der Waals surface area contributed by atoms with Crippen LogP contribution in [0.25, 0.3) is 0 Å². The molecule has 114 valence electrons. The lowest BCUT2D eigenvalue weighted by molar-refractivity contribution is -0.384. The van der Waals surface area contributed by atoms with E-state index < -0.39 is 0 Å². The van der Waals surface area contributed by atoms with Crippen LogP contribution in [0, 0.1) is 23.0 Å². The normalized spacial score (nSPS) is 13.0. The summed E-state index contributed by atoms with van der Waals surface area (Å²) in [5, 5.41) is 18.8. The number of anilines is 1. The lowest BCUT2D eigenvalue weighted by atomic mass is 10.0. The highest BCUT2D eigenvalue weighted by Gasteiger charge is 2.27. The van der Waals surface area contributed by atoms with Crippen molar-refractivity contribution in [1.29, 1.82) is 0 Å². The first-order valence-electron chi connectivity index (χ1n) is 7.24. The third-order valence-electron chi connectivity index (χ3n) is 3.29. The minimum Gasteiger partial charge on any atom is -0.362 e. The van der Waals surface area contributed by atoms with E-state index in [1.54, 1.807) is 11.6 Å². The standard InChI is InChI=1S/C14H26N4O2/c1-9(2)7-8-11(5)15-14-13(18(19)20)12(6)16-17(14)10(3)4/h9-11,15H,7-8H2,1-6H3. The summed E-state index contributed by atoms with van der Waals surface area (Å²) in [4.78, 5) is 10.9. The van der Waals surface area contributed by atoms with Crippen molar-refractivity contribution in [2.24, 2.45) is 5.92 Å². The Balaban J connectivity index is 2.99. The van der Waals surface area contributed by atoms with Gasteiger partial charge >= 0.3 is 5.69 Å². The number of hydrogen-bond acceptors (Lipinski definition) is 4. The van der Waals surface area contributed by atoms with Crippen molar-refractivity contribution in [3.8, 4) is 0 Å². The number of hydrogen-bond donors (Lipinski definition) is 1. The van der Waals surface area contributed by atoms with E-state index in [9.17, 15) is 10.1 Å². The Bertz CT molecular complexity index is 466. The molecule has 1 aromatic heterocycles. The third kappa shape index (κ3) is 3.95. The Kier molecular flexibility index (Phi) is 5.53. The van der Waals surface area contributed by atoms with Gasteiger partial charge in [-0.1, -0.05) is 13.8 Å². The molecule has 0 aromatic carbocycles. The van der Waals surface area contributed by atoms with Crippen molar-refractivity contribution in [2.75, 3.05) is 5.32 Å². The van der Waals surface area contributed by atoms with E-state index >= 15 is 0 Å². The predicted molar refractivity (Wildman–Crippen MR) is 81.2 cm³/mol. The zero-order valence-corrected chi connectivity index (χ0v) is 13.3. The van der Waals surface area contributed by atoms with Gasteiger partial charge in [-0.05, 0) is 46.5 Å². The molecular formula is C14H26N4O2. The van der Waals surface area contributed by atoms with Crippen molar-refractivity contribution >= 4 is 11.5 Å². The Labute approximate surface area is 120 Å². The molecule has 0 saturated carbocycles. The first kappa shape index (κ1) is 16.5. The van der Waals surface area contributed by atoms with Crippen LogP contribution >= 0.6 is 0 Å². The summed E-state index contributed by atoms with van der Waals surface area (Å²) in [6.45, 7) is 12.0. The van der Waals surface area contributed by atoms with E-state index in [0.717, 1.165) is 12.8 Å². The summed E-state index contributed by atoms with van der Waals surface area (Å²) in [5.74, 6) is 1.16. The fourth-order valence-corrected chi connectivity index (χ4v) is 2.15. The van der Waals surface area contributed by atoms with Crippen LogP contribution in [-0.2, 0) is 0 Å². The maximum atomic E-state index is 11.2. The van der Waals surface area contributed by atoms with Gasteiger partial charge in [0.1, 0.15) is 5.69 Å². The van der Waals surface area contributed by atoms with Gasteiger partial charge in [-0.3, -0.25) is 10.1 Å². The number of nitrogens with zero attached hydrogens (tertiary/aromatic N) is 3. The van der Waals surface area contributed by atoms with Crippen LogP contribution in [0.1, 0.15) is 59.2 Å². The van der Waals surface area contributed by atoms with Gasteiger partial charge in [-0.15, -0.1) is 0 Å². The molecule has 1 aromatic rings. The zero-order valence-electron chi connectivity index (χ0n) is 13.3. The largest absolute Gasteiger partial charge is 0.362 e. The topological polar surface area (TPSA) is 73.0 Å². The van der Waals surface area contributed by atoms with Crippen LogP contribution in [0.3, 0.4) is 0 Å². The van der Waals surface area contributed by atoms with Crippen molar-refractivity contribution in [3.63, 3.8) is 0 Å². The molecule has 1 N–H and O–H groups in total.